The summed E-state index contributed by atoms with van der Waals surface area (Å²) in [7, 11) is 0. The van der Waals surface area contributed by atoms with Crippen molar-refractivity contribution < 1.29 is 23.5 Å². The Morgan fingerprint density at radius 3 is 2.48 bits per heavy atom. The molecule has 8 heteroatoms. The van der Waals surface area contributed by atoms with E-state index in [4.69, 9.17) is 4.74 Å². The lowest BCUT2D eigenvalue weighted by Crippen LogP contribution is -2.41. The third-order valence-corrected chi connectivity index (χ3v) is 3.76. The van der Waals surface area contributed by atoms with Crippen molar-refractivity contribution in [2.24, 2.45) is 0 Å². The number of amides is 3. The zero-order valence-electron chi connectivity index (χ0n) is 13.1. The van der Waals surface area contributed by atoms with E-state index >= 15 is 0 Å². The molecule has 0 saturated heterocycles. The SMILES string of the molecule is CC(OC(=O)c1cc(F)ccc1Br)C(=O)NC(=O)Nc1ccccc1. The molecular formula is C17H14BrFN2O4. The van der Waals surface area contributed by atoms with Gasteiger partial charge in [-0.25, -0.2) is 14.0 Å². The zero-order chi connectivity index (χ0) is 18.4. The maximum Gasteiger partial charge on any atom is 0.340 e. The molecule has 0 aliphatic rings. The van der Waals surface area contributed by atoms with E-state index < -0.39 is 29.8 Å². The highest BCUT2D eigenvalue weighted by Gasteiger charge is 2.22. The summed E-state index contributed by atoms with van der Waals surface area (Å²) in [5, 5.41) is 4.52. The summed E-state index contributed by atoms with van der Waals surface area (Å²) in [6, 6.07) is 11.3. The first-order valence-corrected chi connectivity index (χ1v) is 7.99. The summed E-state index contributed by atoms with van der Waals surface area (Å²) in [6.07, 6.45) is -1.25. The van der Waals surface area contributed by atoms with E-state index in [0.717, 1.165) is 6.07 Å². The van der Waals surface area contributed by atoms with Crippen molar-refractivity contribution >= 4 is 39.5 Å². The number of esters is 1. The van der Waals surface area contributed by atoms with Crippen molar-refractivity contribution in [1.29, 1.82) is 0 Å². The normalized spacial score (nSPS) is 11.3. The van der Waals surface area contributed by atoms with Crippen LogP contribution in [0.3, 0.4) is 0 Å². The van der Waals surface area contributed by atoms with Gasteiger partial charge in [0, 0.05) is 10.2 Å². The zero-order valence-corrected chi connectivity index (χ0v) is 14.7. The molecule has 0 aliphatic heterocycles. The molecule has 1 atom stereocenters. The smallest absolute Gasteiger partial charge is 0.340 e. The second kappa shape index (κ2) is 8.39. The Labute approximate surface area is 151 Å². The molecule has 1 unspecified atom stereocenters. The van der Waals surface area contributed by atoms with Gasteiger partial charge < -0.3 is 10.1 Å². The fourth-order valence-corrected chi connectivity index (χ4v) is 2.24. The number of urea groups is 1. The minimum Gasteiger partial charge on any atom is -0.449 e. The molecule has 2 rings (SSSR count). The number of ether oxygens (including phenoxy) is 1. The summed E-state index contributed by atoms with van der Waals surface area (Å²) < 4.78 is 18.5. The Morgan fingerprint density at radius 1 is 1.12 bits per heavy atom. The van der Waals surface area contributed by atoms with Crippen molar-refractivity contribution in [1.82, 2.24) is 5.32 Å². The molecular weight excluding hydrogens is 395 g/mol. The molecule has 25 heavy (non-hydrogen) atoms. The number of halogens is 2. The summed E-state index contributed by atoms with van der Waals surface area (Å²) in [5.41, 5.74) is 0.439. The second-order valence-electron chi connectivity index (χ2n) is 4.98. The van der Waals surface area contributed by atoms with Gasteiger partial charge in [-0.3, -0.25) is 10.1 Å². The third-order valence-electron chi connectivity index (χ3n) is 3.07. The van der Waals surface area contributed by atoms with Crippen LogP contribution < -0.4 is 10.6 Å². The predicted octanol–water partition coefficient (Wildman–Crippen LogP) is 3.48. The summed E-state index contributed by atoms with van der Waals surface area (Å²) in [4.78, 5) is 35.7. The van der Waals surface area contributed by atoms with Crippen LogP contribution in [0.15, 0.2) is 53.0 Å². The van der Waals surface area contributed by atoms with Gasteiger partial charge in [0.1, 0.15) is 5.82 Å². The Balaban J connectivity index is 1.92. The van der Waals surface area contributed by atoms with E-state index in [1.165, 1.54) is 19.1 Å². The number of rotatable bonds is 4. The van der Waals surface area contributed by atoms with Gasteiger partial charge in [0.05, 0.1) is 5.56 Å². The van der Waals surface area contributed by atoms with Gasteiger partial charge in [-0.2, -0.15) is 0 Å². The number of carbonyl (C=O) groups excluding carboxylic acids is 3. The number of carbonyl (C=O) groups is 3. The van der Waals surface area contributed by atoms with Gasteiger partial charge in [-0.15, -0.1) is 0 Å². The van der Waals surface area contributed by atoms with Crippen LogP contribution in [0.4, 0.5) is 14.9 Å². The lowest BCUT2D eigenvalue weighted by molar-refractivity contribution is -0.127. The van der Waals surface area contributed by atoms with Gasteiger partial charge in [0.15, 0.2) is 6.10 Å². The number of hydrogen-bond donors (Lipinski definition) is 2. The van der Waals surface area contributed by atoms with Gasteiger partial charge >= 0.3 is 12.0 Å². The lowest BCUT2D eigenvalue weighted by Gasteiger charge is -2.14. The molecule has 2 N–H and O–H groups in total. The number of nitrogens with one attached hydrogen (secondary N) is 2. The van der Waals surface area contributed by atoms with E-state index in [1.54, 1.807) is 30.3 Å². The summed E-state index contributed by atoms with van der Waals surface area (Å²) >= 11 is 3.10. The van der Waals surface area contributed by atoms with Crippen LogP contribution >= 0.6 is 15.9 Å². The van der Waals surface area contributed by atoms with Crippen molar-refractivity contribution in [3.8, 4) is 0 Å². The Hall–Kier alpha value is -2.74. The number of hydrogen-bond acceptors (Lipinski definition) is 4. The summed E-state index contributed by atoms with van der Waals surface area (Å²) in [5.74, 6) is -2.32. The van der Waals surface area contributed by atoms with Crippen LogP contribution in [0.5, 0.6) is 0 Å². The Morgan fingerprint density at radius 2 is 1.80 bits per heavy atom. The van der Waals surface area contributed by atoms with Crippen molar-refractivity contribution in [2.75, 3.05) is 5.32 Å². The monoisotopic (exact) mass is 408 g/mol. The maximum atomic E-state index is 13.2. The minimum absolute atomic E-state index is 0.0617. The van der Waals surface area contributed by atoms with Crippen LogP contribution in [0, 0.1) is 5.82 Å². The molecule has 0 radical (unpaired) electrons. The van der Waals surface area contributed by atoms with Gasteiger partial charge in [-0.05, 0) is 53.2 Å². The van der Waals surface area contributed by atoms with Gasteiger partial charge in [-0.1, -0.05) is 18.2 Å². The molecule has 6 nitrogen and oxygen atoms in total. The van der Waals surface area contributed by atoms with Crippen molar-refractivity contribution in [3.63, 3.8) is 0 Å². The van der Waals surface area contributed by atoms with Crippen LogP contribution in [0.2, 0.25) is 0 Å². The molecule has 2 aromatic carbocycles. The fraction of sp³-hybridized carbons (Fsp3) is 0.118. The van der Waals surface area contributed by atoms with E-state index in [-0.39, 0.29) is 5.56 Å². The predicted molar refractivity (Wildman–Crippen MR) is 92.6 cm³/mol. The minimum atomic E-state index is -1.25. The highest BCUT2D eigenvalue weighted by atomic mass is 79.9. The number of para-hydroxylation sites is 1. The van der Waals surface area contributed by atoms with E-state index in [1.807, 2.05) is 0 Å². The van der Waals surface area contributed by atoms with Crippen LogP contribution in [0.1, 0.15) is 17.3 Å². The number of anilines is 1. The Bertz CT molecular complexity index is 798. The average molecular weight is 409 g/mol. The third kappa shape index (κ3) is 5.39. The van der Waals surface area contributed by atoms with Crippen molar-refractivity contribution in [3.05, 3.63) is 64.4 Å². The van der Waals surface area contributed by atoms with Gasteiger partial charge in [0.25, 0.3) is 5.91 Å². The number of imide groups is 1. The molecule has 130 valence electrons. The van der Waals surface area contributed by atoms with Crippen LogP contribution in [-0.2, 0) is 9.53 Å². The molecule has 0 heterocycles. The maximum absolute atomic E-state index is 13.2. The first-order valence-electron chi connectivity index (χ1n) is 7.19. The van der Waals surface area contributed by atoms with Gasteiger partial charge in [0.2, 0.25) is 0 Å². The fourth-order valence-electron chi connectivity index (χ4n) is 1.83. The molecule has 2 aromatic rings. The molecule has 0 saturated carbocycles. The quantitative estimate of drug-likeness (QED) is 0.758. The van der Waals surface area contributed by atoms with Crippen molar-refractivity contribution in [2.45, 2.75) is 13.0 Å². The van der Waals surface area contributed by atoms with Crippen LogP contribution in [0.25, 0.3) is 0 Å². The highest BCUT2D eigenvalue weighted by molar-refractivity contribution is 9.10. The van der Waals surface area contributed by atoms with E-state index in [9.17, 15) is 18.8 Å². The van der Waals surface area contributed by atoms with E-state index in [2.05, 4.69) is 26.6 Å². The standard InChI is InChI=1S/C17H14BrFN2O4/c1-10(25-16(23)13-9-11(19)7-8-14(13)18)15(22)21-17(24)20-12-5-3-2-4-6-12/h2-10H,1H3,(H2,20,21,22,24). The topological polar surface area (TPSA) is 84.5 Å². The van der Waals surface area contributed by atoms with Crippen LogP contribution in [-0.4, -0.2) is 24.0 Å². The largest absolute Gasteiger partial charge is 0.449 e. The highest BCUT2D eigenvalue weighted by Crippen LogP contribution is 2.19. The molecule has 0 fully saturated rings. The lowest BCUT2D eigenvalue weighted by atomic mass is 10.2. The molecule has 0 aliphatic carbocycles. The molecule has 3 amide bonds. The molecule has 0 bridgehead atoms. The first-order chi connectivity index (χ1) is 11.9. The molecule has 0 aromatic heterocycles. The number of benzene rings is 2. The van der Waals surface area contributed by atoms with E-state index in [0.29, 0.717) is 10.2 Å². The summed E-state index contributed by atoms with van der Waals surface area (Å²) in [6.45, 7) is 1.30. The average Bonchev–Trinajstić information content (AvgIpc) is 2.57. The second-order valence-corrected chi connectivity index (χ2v) is 5.84. The molecule has 0 spiro atoms. The first kappa shape index (κ1) is 18.6. The Kier molecular flexibility index (Phi) is 6.24.